The first-order chi connectivity index (χ1) is 30.2. The first-order valence-electron chi connectivity index (χ1n) is 21.7. The van der Waals surface area contributed by atoms with Crippen LogP contribution in [-0.4, -0.2) is 125 Å². The molecule has 0 radical (unpaired) electrons. The molecule has 17 nitrogen and oxygen atoms in total. The lowest BCUT2D eigenvalue weighted by molar-refractivity contribution is -0.145. The number of carboxylic acid groups (broad SMARTS) is 1. The van der Waals surface area contributed by atoms with Gasteiger partial charge in [0.25, 0.3) is 0 Å². The van der Waals surface area contributed by atoms with Crippen molar-refractivity contribution in [2.24, 2.45) is 11.3 Å². The second-order valence-corrected chi connectivity index (χ2v) is 21.1. The molecule has 2 aliphatic heterocycles. The Morgan fingerprint density at radius 1 is 1.16 bits per heavy atom. The van der Waals surface area contributed by atoms with E-state index in [1.807, 2.05) is 58.2 Å². The maximum Gasteiger partial charge on any atom is 0.408 e. The third-order valence-electron chi connectivity index (χ3n) is 11.8. The summed E-state index contributed by atoms with van der Waals surface area (Å²) in [5.74, 6) is -2.08. The first kappa shape index (κ1) is 48.2. The minimum absolute atomic E-state index is 0.0109. The Morgan fingerprint density at radius 2 is 1.92 bits per heavy atom. The van der Waals surface area contributed by atoms with Crippen LogP contribution in [0.5, 0.6) is 11.5 Å². The largest absolute Gasteiger partial charge is 0.497 e. The molecule has 3 aromatic rings. The number of methoxy groups -OCH3 is 1. The molecule has 64 heavy (non-hydrogen) atoms. The Labute approximate surface area is 379 Å². The Balaban J connectivity index is 1.32. The van der Waals surface area contributed by atoms with E-state index in [0.717, 1.165) is 15.9 Å². The highest BCUT2D eigenvalue weighted by molar-refractivity contribution is 7.89. The van der Waals surface area contributed by atoms with Gasteiger partial charge in [-0.1, -0.05) is 51.8 Å². The Bertz CT molecular complexity index is 2360. The summed E-state index contributed by atoms with van der Waals surface area (Å²) in [5.41, 5.74) is -0.515. The zero-order valence-corrected chi connectivity index (χ0v) is 39.2. The van der Waals surface area contributed by atoms with Crippen LogP contribution >= 0.6 is 11.3 Å². The summed E-state index contributed by atoms with van der Waals surface area (Å²) in [7, 11) is -0.758. The molecule has 2 fully saturated rings. The van der Waals surface area contributed by atoms with Gasteiger partial charge < -0.3 is 40.2 Å². The van der Waals surface area contributed by atoms with Crippen molar-refractivity contribution >= 4 is 61.3 Å². The van der Waals surface area contributed by atoms with E-state index in [4.69, 9.17) is 24.2 Å². The van der Waals surface area contributed by atoms with Crippen molar-refractivity contribution in [3.63, 3.8) is 0 Å². The first-order valence-corrected chi connectivity index (χ1v) is 24.2. The van der Waals surface area contributed by atoms with Crippen molar-refractivity contribution < 1.29 is 46.9 Å². The van der Waals surface area contributed by atoms with Crippen molar-refractivity contribution in [3.05, 3.63) is 54.5 Å². The van der Waals surface area contributed by atoms with Crippen LogP contribution in [-0.2, 0) is 29.1 Å². The van der Waals surface area contributed by atoms with Gasteiger partial charge >= 0.3 is 12.1 Å². The van der Waals surface area contributed by atoms with Crippen LogP contribution in [0, 0.1) is 11.3 Å². The quantitative estimate of drug-likeness (QED) is 0.137. The highest BCUT2D eigenvalue weighted by Crippen LogP contribution is 2.45. The number of hydrogen-bond donors (Lipinski definition) is 4. The number of benzene rings is 1. The fourth-order valence-corrected chi connectivity index (χ4v) is 9.75. The molecule has 0 bridgehead atoms. The number of allylic oxidation sites excluding steroid dienone is 1. The number of pyridine rings is 1. The molecule has 3 aliphatic rings. The molecule has 348 valence electrons. The smallest absolute Gasteiger partial charge is 0.408 e. The van der Waals surface area contributed by atoms with E-state index in [2.05, 4.69) is 22.5 Å². The van der Waals surface area contributed by atoms with Gasteiger partial charge in [-0.25, -0.2) is 32.3 Å². The summed E-state index contributed by atoms with van der Waals surface area (Å²) >= 11 is 1.44. The van der Waals surface area contributed by atoms with Crippen LogP contribution in [0.2, 0.25) is 0 Å². The number of likely N-dealkylation sites (N-methyl/N-ethyl adjacent to an activating group) is 1. The Kier molecular flexibility index (Phi) is 15.0. The van der Waals surface area contributed by atoms with E-state index >= 15 is 0 Å². The summed E-state index contributed by atoms with van der Waals surface area (Å²) in [6.07, 6.45) is 5.58. The van der Waals surface area contributed by atoms with E-state index in [1.165, 1.54) is 29.4 Å². The molecule has 2 aromatic heterocycles. The van der Waals surface area contributed by atoms with E-state index in [1.54, 1.807) is 25.3 Å². The van der Waals surface area contributed by atoms with Gasteiger partial charge in [-0.2, -0.15) is 0 Å². The monoisotopic (exact) mass is 923 g/mol. The van der Waals surface area contributed by atoms with Crippen molar-refractivity contribution in [2.75, 3.05) is 38.3 Å². The third-order valence-corrected chi connectivity index (χ3v) is 14.3. The van der Waals surface area contributed by atoms with Crippen LogP contribution in [0.15, 0.2) is 54.5 Å². The molecule has 1 saturated carbocycles. The van der Waals surface area contributed by atoms with Crippen molar-refractivity contribution in [2.45, 2.75) is 115 Å². The number of carbonyl (C=O) groups is 4. The number of carboxylic acids is 1. The number of thiazole rings is 1. The fourth-order valence-electron chi connectivity index (χ4n) is 7.98. The maximum atomic E-state index is 14.9. The molecule has 0 spiro atoms. The van der Waals surface area contributed by atoms with Gasteiger partial charge in [0, 0.05) is 53.7 Å². The van der Waals surface area contributed by atoms with Gasteiger partial charge in [-0.05, 0) is 51.7 Å². The van der Waals surface area contributed by atoms with Gasteiger partial charge in [0.05, 0.1) is 37.2 Å². The molecule has 6 atom stereocenters. The number of aliphatic carboxylic acids is 1. The minimum atomic E-state index is -3.72. The van der Waals surface area contributed by atoms with Gasteiger partial charge in [-0.15, -0.1) is 17.9 Å². The average molecular weight is 924 g/mol. The van der Waals surface area contributed by atoms with E-state index in [0.29, 0.717) is 53.1 Å². The number of aromatic nitrogens is 2. The molecule has 1 saturated heterocycles. The zero-order valence-electron chi connectivity index (χ0n) is 37.6. The molecule has 2 unspecified atom stereocenters. The van der Waals surface area contributed by atoms with Crippen molar-refractivity contribution in [1.29, 1.82) is 0 Å². The lowest BCUT2D eigenvalue weighted by Gasteiger charge is -2.34. The number of fused-ring (bicyclic) bond motifs is 3. The van der Waals surface area contributed by atoms with Gasteiger partial charge in [0.15, 0.2) is 5.13 Å². The summed E-state index contributed by atoms with van der Waals surface area (Å²) in [4.78, 5) is 66.8. The molecule has 1 aromatic carbocycles. The van der Waals surface area contributed by atoms with Crippen molar-refractivity contribution in [3.8, 4) is 22.9 Å². The van der Waals surface area contributed by atoms with Crippen LogP contribution in [0.4, 0.5) is 9.93 Å². The predicted molar refractivity (Wildman–Crippen MR) is 245 cm³/mol. The van der Waals surface area contributed by atoms with Gasteiger partial charge in [0.1, 0.15) is 47.0 Å². The lowest BCUT2D eigenvalue weighted by atomic mass is 9.89. The average Bonchev–Trinajstić information content (AvgIpc) is 3.48. The second kappa shape index (κ2) is 19.9. The number of anilines is 1. The number of carbonyl (C=O) groups excluding carboxylic acids is 3. The normalized spacial score (nSPS) is 24.1. The number of amides is 3. The number of hydrogen-bond acceptors (Lipinski definition) is 13. The van der Waals surface area contributed by atoms with E-state index in [-0.39, 0.29) is 44.1 Å². The molecule has 4 heterocycles. The Morgan fingerprint density at radius 3 is 2.61 bits per heavy atom. The van der Waals surface area contributed by atoms with Crippen LogP contribution in [0.3, 0.4) is 0 Å². The van der Waals surface area contributed by atoms with E-state index in [9.17, 15) is 32.7 Å². The summed E-state index contributed by atoms with van der Waals surface area (Å²) in [6, 6.07) is 5.01. The molecular formula is C45H61N7O10S2. The SMILES string of the molecule is C=CCS(=O)(=O)N(C)CC(OC(=O)N[C@H]1CCCCC/C=C\C2C[C@@]2(C(=O)O)NC(=O)[C@@H]2C[C@@H](Oc3cc(-c4csc(NC(C)C)n4)nc4cc(OC)ccc34)CN2C1=O)C(C)(C)C. The lowest BCUT2D eigenvalue weighted by Crippen LogP contribution is -2.56. The number of nitrogens with zero attached hydrogens (tertiary/aromatic N) is 4. The molecule has 4 N–H and O–H groups in total. The molecular weight excluding hydrogens is 863 g/mol. The van der Waals surface area contributed by atoms with Gasteiger partial charge in [0.2, 0.25) is 21.8 Å². The molecule has 3 amide bonds. The summed E-state index contributed by atoms with van der Waals surface area (Å²) in [6.45, 7) is 12.8. The minimum Gasteiger partial charge on any atom is -0.497 e. The van der Waals surface area contributed by atoms with Crippen LogP contribution in [0.25, 0.3) is 22.3 Å². The van der Waals surface area contributed by atoms with Crippen LogP contribution in [0.1, 0.15) is 79.6 Å². The highest BCUT2D eigenvalue weighted by atomic mass is 32.2. The summed E-state index contributed by atoms with van der Waals surface area (Å²) in [5, 5.41) is 22.5. The highest BCUT2D eigenvalue weighted by Gasteiger charge is 2.61. The zero-order chi connectivity index (χ0) is 46.6. The molecule has 1 aliphatic carbocycles. The molecule has 19 heteroatoms. The topological polar surface area (TPSA) is 219 Å². The predicted octanol–water partition coefficient (Wildman–Crippen LogP) is 5.97. The van der Waals surface area contributed by atoms with Crippen molar-refractivity contribution in [1.82, 2.24) is 29.8 Å². The number of sulfonamides is 1. The Hall–Kier alpha value is -5.27. The van der Waals surface area contributed by atoms with Crippen LogP contribution < -0.4 is 25.4 Å². The summed E-state index contributed by atoms with van der Waals surface area (Å²) < 4.78 is 44.9. The van der Waals surface area contributed by atoms with E-state index < -0.39 is 75.1 Å². The number of ether oxygens (including phenoxy) is 3. The number of rotatable bonds is 14. The second-order valence-electron chi connectivity index (χ2n) is 18.2. The molecule has 6 rings (SSSR count). The van der Waals surface area contributed by atoms with Gasteiger partial charge in [-0.3, -0.25) is 9.59 Å². The standard InChI is InChI=1S/C45H61N7O10S2/c1-9-19-64(58,59)51(7)25-38(44(4,5)6)62-43(57)49-32-16-14-12-10-11-13-15-28-23-45(28,41(55)56)50-39(53)36-21-30(24-52(36)40(32)54)61-37-22-34(35-26-63-42(48-35)46-27(2)3)47-33-20-29(60-8)17-18-31(33)37/h9,13,15,17-18,20,22,26-28,30,32,36,38H,1,10-12,14,16,19,21,23-25H2,2-8H3,(H,46,48)(H,49,57)(H,50,53)(H,55,56)/b15-13-/t28?,30-,32+,36+,38?,45-/m1/s1. The fraction of sp³-hybridized carbons (Fsp3) is 0.556. The number of nitrogens with one attached hydrogen (secondary N) is 3. The third kappa shape index (κ3) is 11.3. The maximum absolute atomic E-state index is 14.9. The number of alkyl carbamates (subject to hydrolysis) is 1.